The number of nitrogens with zero attached hydrogens (tertiary/aromatic N) is 1. The first kappa shape index (κ1) is 15.9. The van der Waals surface area contributed by atoms with Crippen LogP contribution in [0.15, 0.2) is 18.2 Å². The van der Waals surface area contributed by atoms with Gasteiger partial charge in [-0.05, 0) is 31.5 Å². The van der Waals surface area contributed by atoms with Gasteiger partial charge in [-0.3, -0.25) is 9.59 Å². The van der Waals surface area contributed by atoms with Crippen molar-refractivity contribution in [3.05, 3.63) is 29.8 Å². The van der Waals surface area contributed by atoms with E-state index in [4.69, 9.17) is 0 Å². The highest BCUT2D eigenvalue weighted by molar-refractivity contribution is 6.00. The molecule has 1 unspecified atom stereocenters. The number of anilines is 1. The number of amides is 2. The van der Waals surface area contributed by atoms with Crippen molar-refractivity contribution in [2.45, 2.75) is 25.3 Å². The van der Waals surface area contributed by atoms with Crippen molar-refractivity contribution in [3.8, 4) is 0 Å². The van der Waals surface area contributed by atoms with Crippen LogP contribution in [-0.2, 0) is 9.59 Å². The van der Waals surface area contributed by atoms with Gasteiger partial charge < -0.3 is 15.5 Å². The van der Waals surface area contributed by atoms with Gasteiger partial charge in [0.15, 0.2) is 0 Å². The summed E-state index contributed by atoms with van der Waals surface area (Å²) in [5.41, 5.74) is 0.155. The van der Waals surface area contributed by atoms with E-state index < -0.39 is 17.6 Å². The van der Waals surface area contributed by atoms with E-state index in [0.717, 1.165) is 44.1 Å². The van der Waals surface area contributed by atoms with Gasteiger partial charge in [0.1, 0.15) is 11.6 Å². The maximum Gasteiger partial charge on any atom is 0.227 e. The van der Waals surface area contributed by atoms with Crippen molar-refractivity contribution in [3.63, 3.8) is 0 Å². The minimum absolute atomic E-state index is 0.0596. The third-order valence-corrected chi connectivity index (χ3v) is 4.30. The molecule has 2 fully saturated rings. The molecule has 2 aliphatic rings. The average molecular weight is 323 g/mol. The molecule has 0 bridgehead atoms. The zero-order valence-corrected chi connectivity index (χ0v) is 12.6. The number of piperidine rings is 1. The Morgan fingerprint density at radius 3 is 2.65 bits per heavy atom. The number of rotatable bonds is 3. The Labute approximate surface area is 133 Å². The van der Waals surface area contributed by atoms with Crippen molar-refractivity contribution in [2.24, 2.45) is 5.92 Å². The van der Waals surface area contributed by atoms with Crippen molar-refractivity contribution in [1.82, 2.24) is 10.6 Å². The number of halogens is 2. The molecule has 1 aromatic rings. The lowest BCUT2D eigenvalue weighted by molar-refractivity contribution is -0.127. The first-order chi connectivity index (χ1) is 11.0. The molecule has 0 saturated carbocycles. The second-order valence-corrected chi connectivity index (χ2v) is 6.08. The van der Waals surface area contributed by atoms with Crippen LogP contribution < -0.4 is 15.5 Å². The maximum absolute atomic E-state index is 13.3. The minimum atomic E-state index is -0.742. The molecular weight excluding hydrogens is 304 g/mol. The summed E-state index contributed by atoms with van der Waals surface area (Å²) in [5.74, 6) is -2.44. The van der Waals surface area contributed by atoms with Crippen molar-refractivity contribution in [1.29, 1.82) is 0 Å². The first-order valence-corrected chi connectivity index (χ1v) is 7.80. The molecule has 5 nitrogen and oxygen atoms in total. The summed E-state index contributed by atoms with van der Waals surface area (Å²) in [6, 6.07) is 3.04. The SMILES string of the molecule is O=C(N[C@H]1CCCNC1)C1CC(=O)N(c2cc(F)cc(F)c2)C1. The molecule has 0 radical (unpaired) electrons. The number of carbonyl (C=O) groups is 2. The quantitative estimate of drug-likeness (QED) is 0.878. The lowest BCUT2D eigenvalue weighted by Crippen LogP contribution is -2.47. The van der Waals surface area contributed by atoms with Crippen LogP contribution in [-0.4, -0.2) is 37.5 Å². The lowest BCUT2D eigenvalue weighted by atomic mass is 10.0. The minimum Gasteiger partial charge on any atom is -0.352 e. The highest BCUT2D eigenvalue weighted by atomic mass is 19.1. The molecule has 3 rings (SSSR count). The molecular formula is C16H19F2N3O2. The molecule has 2 heterocycles. The fourth-order valence-corrected chi connectivity index (χ4v) is 3.12. The van der Waals surface area contributed by atoms with E-state index in [-0.39, 0.29) is 36.5 Å². The fraction of sp³-hybridized carbons (Fsp3) is 0.500. The molecule has 2 amide bonds. The van der Waals surface area contributed by atoms with Gasteiger partial charge in [-0.25, -0.2) is 8.78 Å². The van der Waals surface area contributed by atoms with Gasteiger partial charge >= 0.3 is 0 Å². The molecule has 2 saturated heterocycles. The van der Waals surface area contributed by atoms with Crippen LogP contribution in [0, 0.1) is 17.6 Å². The van der Waals surface area contributed by atoms with E-state index in [1.54, 1.807) is 0 Å². The Morgan fingerprint density at radius 1 is 1.26 bits per heavy atom. The summed E-state index contributed by atoms with van der Waals surface area (Å²) in [6.45, 7) is 1.83. The molecule has 1 aromatic carbocycles. The summed E-state index contributed by atoms with van der Waals surface area (Å²) in [6.07, 6.45) is 1.98. The number of nitrogens with one attached hydrogen (secondary N) is 2. The number of hydrogen-bond acceptors (Lipinski definition) is 3. The summed E-state index contributed by atoms with van der Waals surface area (Å²) in [5, 5.41) is 6.16. The van der Waals surface area contributed by atoms with Gasteiger partial charge in [-0.2, -0.15) is 0 Å². The topological polar surface area (TPSA) is 61.4 Å². The molecule has 7 heteroatoms. The van der Waals surface area contributed by atoms with E-state index >= 15 is 0 Å². The predicted octanol–water partition coefficient (Wildman–Crippen LogP) is 1.19. The lowest BCUT2D eigenvalue weighted by Gasteiger charge is -2.25. The standard InChI is InChI=1S/C16H19F2N3O2/c17-11-5-12(18)7-14(6-11)21-9-10(4-15(21)22)16(23)20-13-2-1-3-19-8-13/h5-7,10,13,19H,1-4,8-9H2,(H,20,23)/t10?,13-/m0/s1. The largest absolute Gasteiger partial charge is 0.352 e. The Bertz CT molecular complexity index is 597. The van der Waals surface area contributed by atoms with E-state index in [2.05, 4.69) is 10.6 Å². The van der Waals surface area contributed by atoms with E-state index in [0.29, 0.717) is 0 Å². The Balaban J connectivity index is 1.65. The smallest absolute Gasteiger partial charge is 0.227 e. The van der Waals surface area contributed by atoms with Crippen molar-refractivity contribution >= 4 is 17.5 Å². The summed E-state index contributed by atoms with van der Waals surface area (Å²) >= 11 is 0. The molecule has 0 aliphatic carbocycles. The van der Waals surface area contributed by atoms with Crippen LogP contribution in [0.3, 0.4) is 0 Å². The van der Waals surface area contributed by atoms with Crippen LogP contribution in [0.1, 0.15) is 19.3 Å². The van der Waals surface area contributed by atoms with Crippen LogP contribution in [0.4, 0.5) is 14.5 Å². The number of hydrogen-bond donors (Lipinski definition) is 2. The molecule has 2 N–H and O–H groups in total. The monoisotopic (exact) mass is 323 g/mol. The average Bonchev–Trinajstić information content (AvgIpc) is 2.89. The summed E-state index contributed by atoms with van der Waals surface area (Å²) in [4.78, 5) is 25.7. The molecule has 0 aromatic heterocycles. The van der Waals surface area contributed by atoms with Crippen LogP contribution in [0.5, 0.6) is 0 Å². The Kier molecular flexibility index (Phi) is 4.56. The summed E-state index contributed by atoms with van der Waals surface area (Å²) in [7, 11) is 0. The highest BCUT2D eigenvalue weighted by Gasteiger charge is 2.36. The highest BCUT2D eigenvalue weighted by Crippen LogP contribution is 2.26. The Hall–Kier alpha value is -2.02. The van der Waals surface area contributed by atoms with Gasteiger partial charge in [0.2, 0.25) is 11.8 Å². The van der Waals surface area contributed by atoms with E-state index in [1.165, 1.54) is 4.90 Å². The van der Waals surface area contributed by atoms with Crippen LogP contribution in [0.2, 0.25) is 0 Å². The fourth-order valence-electron chi connectivity index (χ4n) is 3.12. The van der Waals surface area contributed by atoms with E-state index in [1.807, 2.05) is 0 Å². The van der Waals surface area contributed by atoms with Crippen LogP contribution >= 0.6 is 0 Å². The molecule has 23 heavy (non-hydrogen) atoms. The van der Waals surface area contributed by atoms with Gasteiger partial charge in [-0.1, -0.05) is 0 Å². The van der Waals surface area contributed by atoms with Gasteiger partial charge in [0, 0.05) is 37.3 Å². The normalized spacial score (nSPS) is 24.8. The van der Waals surface area contributed by atoms with Crippen LogP contribution in [0.25, 0.3) is 0 Å². The first-order valence-electron chi connectivity index (χ1n) is 7.80. The molecule has 0 spiro atoms. The van der Waals surface area contributed by atoms with Crippen molar-refractivity contribution in [2.75, 3.05) is 24.5 Å². The number of benzene rings is 1. The molecule has 2 aliphatic heterocycles. The van der Waals surface area contributed by atoms with Gasteiger partial charge in [-0.15, -0.1) is 0 Å². The maximum atomic E-state index is 13.3. The van der Waals surface area contributed by atoms with E-state index in [9.17, 15) is 18.4 Å². The van der Waals surface area contributed by atoms with Gasteiger partial charge in [0.05, 0.1) is 5.92 Å². The molecule has 124 valence electrons. The molecule has 2 atom stereocenters. The number of carbonyl (C=O) groups excluding carboxylic acids is 2. The second-order valence-electron chi connectivity index (χ2n) is 6.08. The second kappa shape index (κ2) is 6.62. The zero-order valence-electron chi connectivity index (χ0n) is 12.6. The third-order valence-electron chi connectivity index (χ3n) is 4.30. The summed E-state index contributed by atoms with van der Waals surface area (Å²) < 4.78 is 26.6. The van der Waals surface area contributed by atoms with Gasteiger partial charge in [0.25, 0.3) is 0 Å². The predicted molar refractivity (Wildman–Crippen MR) is 80.9 cm³/mol. The van der Waals surface area contributed by atoms with Crippen molar-refractivity contribution < 1.29 is 18.4 Å². The Morgan fingerprint density at radius 2 is 2.00 bits per heavy atom. The zero-order chi connectivity index (χ0) is 16.4. The third kappa shape index (κ3) is 3.67.